The average molecular weight is 333 g/mol. The Morgan fingerprint density at radius 2 is 2.17 bits per heavy atom. The van der Waals surface area contributed by atoms with Gasteiger partial charge in [-0.05, 0) is 43.4 Å². The number of piperidine rings is 3. The minimum Gasteiger partial charge on any atom is -0.459 e. The van der Waals surface area contributed by atoms with Gasteiger partial charge in [-0.2, -0.15) is 0 Å². The number of fused-ring (bicyclic) bond motifs is 3. The van der Waals surface area contributed by atoms with Gasteiger partial charge >= 0.3 is 0 Å². The predicted molar refractivity (Wildman–Crippen MR) is 89.9 cm³/mol. The number of carbonyl (C=O) groups excluding carboxylic acids is 1. The van der Waals surface area contributed by atoms with Gasteiger partial charge in [-0.3, -0.25) is 14.6 Å². The van der Waals surface area contributed by atoms with E-state index in [0.717, 1.165) is 44.7 Å². The Morgan fingerprint density at radius 3 is 2.88 bits per heavy atom. The third kappa shape index (κ3) is 3.50. The number of morpholine rings is 1. The lowest BCUT2D eigenvalue weighted by Gasteiger charge is -2.51. The number of hydrogen-bond acceptors (Lipinski definition) is 5. The molecule has 4 aliphatic heterocycles. The molecule has 5 heterocycles. The molecule has 5 rings (SSSR count). The normalized spacial score (nSPS) is 33.5. The van der Waals surface area contributed by atoms with Crippen molar-refractivity contribution in [2.75, 3.05) is 52.5 Å². The molecule has 1 N–H and O–H groups in total. The van der Waals surface area contributed by atoms with Gasteiger partial charge in [0.2, 0.25) is 0 Å². The Kier molecular flexibility index (Phi) is 4.87. The van der Waals surface area contributed by atoms with Crippen molar-refractivity contribution in [3.05, 3.63) is 24.2 Å². The van der Waals surface area contributed by atoms with Crippen LogP contribution in [0.15, 0.2) is 22.8 Å². The molecule has 1 amide bonds. The molecule has 1 unspecified atom stereocenters. The Balaban J connectivity index is 1.27. The van der Waals surface area contributed by atoms with Gasteiger partial charge in [0.25, 0.3) is 5.91 Å². The smallest absolute Gasteiger partial charge is 0.287 e. The summed E-state index contributed by atoms with van der Waals surface area (Å²) in [4.78, 5) is 17.2. The fourth-order valence-corrected chi connectivity index (χ4v) is 4.49. The van der Waals surface area contributed by atoms with Crippen LogP contribution >= 0.6 is 0 Å². The van der Waals surface area contributed by atoms with Crippen LogP contribution in [0.4, 0.5) is 0 Å². The maximum atomic E-state index is 12.0. The highest BCUT2D eigenvalue weighted by Gasteiger charge is 2.40. The molecule has 0 aliphatic carbocycles. The fourth-order valence-electron chi connectivity index (χ4n) is 4.49. The molecule has 0 saturated carbocycles. The highest BCUT2D eigenvalue weighted by atomic mass is 16.5. The van der Waals surface area contributed by atoms with Crippen LogP contribution in [0.3, 0.4) is 0 Å². The monoisotopic (exact) mass is 333 g/mol. The van der Waals surface area contributed by atoms with E-state index in [9.17, 15) is 4.79 Å². The molecule has 1 aromatic rings. The lowest BCUT2D eigenvalue weighted by atomic mass is 9.75. The summed E-state index contributed by atoms with van der Waals surface area (Å²) in [6.45, 7) is 8.17. The minimum atomic E-state index is -0.104. The van der Waals surface area contributed by atoms with Crippen LogP contribution in [0.5, 0.6) is 0 Å². The highest BCUT2D eigenvalue weighted by molar-refractivity contribution is 5.91. The lowest BCUT2D eigenvalue weighted by molar-refractivity contribution is -0.0293. The molecular formula is C18H27N3O3. The summed E-state index contributed by atoms with van der Waals surface area (Å²) in [5.41, 5.74) is 0. The van der Waals surface area contributed by atoms with E-state index < -0.39 is 0 Å². The number of ether oxygens (including phenoxy) is 1. The summed E-state index contributed by atoms with van der Waals surface area (Å²) in [6, 6.07) is 3.93. The highest BCUT2D eigenvalue weighted by Crippen LogP contribution is 2.36. The van der Waals surface area contributed by atoms with Gasteiger partial charge in [-0.15, -0.1) is 0 Å². The Morgan fingerprint density at radius 1 is 1.29 bits per heavy atom. The Bertz CT molecular complexity index is 542. The first-order valence-electron chi connectivity index (χ1n) is 9.15. The van der Waals surface area contributed by atoms with Crippen LogP contribution in [0, 0.1) is 11.8 Å². The van der Waals surface area contributed by atoms with Gasteiger partial charge < -0.3 is 14.5 Å². The van der Waals surface area contributed by atoms with E-state index in [-0.39, 0.29) is 5.91 Å². The molecule has 6 nitrogen and oxygen atoms in total. The third-order valence-electron chi connectivity index (χ3n) is 5.85. The molecule has 4 saturated heterocycles. The molecule has 24 heavy (non-hydrogen) atoms. The first-order chi connectivity index (χ1) is 11.8. The summed E-state index contributed by atoms with van der Waals surface area (Å²) < 4.78 is 10.6. The van der Waals surface area contributed by atoms with Gasteiger partial charge in [0.15, 0.2) is 5.76 Å². The second-order valence-electron chi connectivity index (χ2n) is 7.29. The number of rotatable bonds is 5. The van der Waals surface area contributed by atoms with Crippen molar-refractivity contribution in [3.8, 4) is 0 Å². The van der Waals surface area contributed by atoms with Gasteiger partial charge in [-0.25, -0.2) is 0 Å². The topological polar surface area (TPSA) is 58.0 Å². The van der Waals surface area contributed by atoms with E-state index >= 15 is 0 Å². The van der Waals surface area contributed by atoms with Crippen LogP contribution in [0.1, 0.15) is 23.4 Å². The van der Waals surface area contributed by atoms with Crippen molar-refractivity contribution < 1.29 is 13.9 Å². The van der Waals surface area contributed by atoms with E-state index in [4.69, 9.17) is 9.15 Å². The zero-order chi connectivity index (χ0) is 16.4. The van der Waals surface area contributed by atoms with Crippen LogP contribution < -0.4 is 5.32 Å². The number of furan rings is 1. The van der Waals surface area contributed by atoms with Crippen molar-refractivity contribution in [2.45, 2.75) is 18.9 Å². The first kappa shape index (κ1) is 16.1. The van der Waals surface area contributed by atoms with Gasteiger partial charge in [0.1, 0.15) is 0 Å². The van der Waals surface area contributed by atoms with Crippen LogP contribution in [-0.2, 0) is 4.74 Å². The van der Waals surface area contributed by atoms with E-state index in [0.29, 0.717) is 11.8 Å². The van der Waals surface area contributed by atoms with Crippen molar-refractivity contribution in [3.63, 3.8) is 0 Å². The van der Waals surface area contributed by atoms with Crippen molar-refractivity contribution in [2.24, 2.45) is 11.8 Å². The molecule has 4 atom stereocenters. The molecule has 0 spiro atoms. The molecule has 4 fully saturated rings. The Labute approximate surface area is 143 Å². The number of carbonyl (C=O) groups is 1. The molecule has 0 radical (unpaired) electrons. The molecule has 132 valence electrons. The number of nitrogens with one attached hydrogen (secondary N) is 1. The number of nitrogens with zero attached hydrogens (tertiary/aromatic N) is 2. The number of hydrogen-bond donors (Lipinski definition) is 1. The van der Waals surface area contributed by atoms with E-state index in [1.165, 1.54) is 38.7 Å². The quantitative estimate of drug-likeness (QED) is 0.873. The zero-order valence-electron chi connectivity index (χ0n) is 14.2. The molecule has 6 heteroatoms. The van der Waals surface area contributed by atoms with E-state index in [1.807, 2.05) is 0 Å². The SMILES string of the molecule is O=C(NC[C@@H]1C[C@H]2CCN1C[C@@H]2CN1CCOCC1)c1ccco1. The lowest BCUT2D eigenvalue weighted by Crippen LogP contribution is -2.58. The van der Waals surface area contributed by atoms with Gasteiger partial charge in [-0.1, -0.05) is 0 Å². The Hall–Kier alpha value is -1.37. The molecule has 1 aromatic heterocycles. The van der Waals surface area contributed by atoms with Crippen LogP contribution in [0.25, 0.3) is 0 Å². The molecular weight excluding hydrogens is 306 g/mol. The van der Waals surface area contributed by atoms with E-state index in [1.54, 1.807) is 12.1 Å². The standard InChI is InChI=1S/C18H27N3O3/c22-18(17-2-1-7-24-17)19-11-16-10-14-3-4-21(16)13-15(14)12-20-5-8-23-9-6-20/h1-2,7,14-16H,3-6,8-13H2,(H,19,22)/t14-,15+,16+/m1/s1. The average Bonchev–Trinajstić information content (AvgIpc) is 3.16. The largest absolute Gasteiger partial charge is 0.459 e. The van der Waals surface area contributed by atoms with Crippen molar-refractivity contribution in [1.82, 2.24) is 15.1 Å². The van der Waals surface area contributed by atoms with E-state index in [2.05, 4.69) is 15.1 Å². The maximum Gasteiger partial charge on any atom is 0.287 e. The molecule has 4 aliphatic rings. The number of amides is 1. The van der Waals surface area contributed by atoms with Crippen LogP contribution in [-0.4, -0.2) is 74.2 Å². The second kappa shape index (κ2) is 7.25. The first-order valence-corrected chi connectivity index (χ1v) is 9.15. The zero-order valence-corrected chi connectivity index (χ0v) is 14.2. The van der Waals surface area contributed by atoms with Crippen LogP contribution in [0.2, 0.25) is 0 Å². The minimum absolute atomic E-state index is 0.104. The summed E-state index contributed by atoms with van der Waals surface area (Å²) in [5.74, 6) is 1.86. The van der Waals surface area contributed by atoms with Gasteiger partial charge in [0.05, 0.1) is 19.5 Å². The second-order valence-corrected chi connectivity index (χ2v) is 7.29. The third-order valence-corrected chi connectivity index (χ3v) is 5.85. The van der Waals surface area contributed by atoms with Crippen molar-refractivity contribution >= 4 is 5.91 Å². The molecule has 0 aromatic carbocycles. The summed E-state index contributed by atoms with van der Waals surface area (Å²) in [6.07, 6.45) is 4.04. The van der Waals surface area contributed by atoms with Gasteiger partial charge in [0, 0.05) is 38.8 Å². The molecule has 2 bridgehead atoms. The summed E-state index contributed by atoms with van der Waals surface area (Å²) >= 11 is 0. The maximum absolute atomic E-state index is 12.0. The summed E-state index contributed by atoms with van der Waals surface area (Å²) in [5, 5.41) is 3.03. The van der Waals surface area contributed by atoms with Crippen molar-refractivity contribution in [1.29, 1.82) is 0 Å². The predicted octanol–water partition coefficient (Wildman–Crippen LogP) is 1.05. The summed E-state index contributed by atoms with van der Waals surface area (Å²) in [7, 11) is 0. The fraction of sp³-hybridized carbons (Fsp3) is 0.722.